The van der Waals surface area contributed by atoms with Crippen molar-refractivity contribution < 1.29 is 8.78 Å². The first-order valence-corrected chi connectivity index (χ1v) is 7.49. The minimum Gasteiger partial charge on any atom is -0.354 e. The topological polar surface area (TPSA) is 36.4 Å². The molecule has 1 aromatic carbocycles. The first-order valence-electron chi connectivity index (χ1n) is 7.49. The molecule has 0 heterocycles. The van der Waals surface area contributed by atoms with Gasteiger partial charge in [-0.1, -0.05) is 6.92 Å². The summed E-state index contributed by atoms with van der Waals surface area (Å²) in [7, 11) is 1.68. The van der Waals surface area contributed by atoms with Crippen LogP contribution in [-0.4, -0.2) is 19.0 Å². The molecule has 2 rings (SSSR count). The molecule has 0 amide bonds. The van der Waals surface area contributed by atoms with Crippen LogP contribution in [0.3, 0.4) is 0 Å². The molecule has 124 valence electrons. The Labute approximate surface area is 148 Å². The van der Waals surface area contributed by atoms with Gasteiger partial charge >= 0.3 is 0 Å². The zero-order valence-electron chi connectivity index (χ0n) is 13.0. The third-order valence-electron chi connectivity index (χ3n) is 4.03. The van der Waals surface area contributed by atoms with E-state index < -0.39 is 11.6 Å². The molecule has 3 nitrogen and oxygen atoms in total. The van der Waals surface area contributed by atoms with Crippen LogP contribution in [-0.2, 0) is 6.54 Å². The Morgan fingerprint density at radius 2 is 1.91 bits per heavy atom. The van der Waals surface area contributed by atoms with Gasteiger partial charge < -0.3 is 10.6 Å². The number of guanidine groups is 1. The normalized spacial score (nSPS) is 21.9. The summed E-state index contributed by atoms with van der Waals surface area (Å²) in [5, 5.41) is 6.40. The van der Waals surface area contributed by atoms with Crippen LogP contribution in [0.1, 0.15) is 38.2 Å². The zero-order chi connectivity index (χ0) is 15.2. The van der Waals surface area contributed by atoms with Gasteiger partial charge in [-0.2, -0.15) is 0 Å². The van der Waals surface area contributed by atoms with E-state index in [9.17, 15) is 8.78 Å². The number of rotatable bonds is 3. The van der Waals surface area contributed by atoms with Crippen molar-refractivity contribution in [2.45, 2.75) is 45.2 Å². The number of benzene rings is 1. The van der Waals surface area contributed by atoms with Crippen LogP contribution in [0.4, 0.5) is 8.78 Å². The van der Waals surface area contributed by atoms with Crippen LogP contribution >= 0.6 is 24.0 Å². The molecule has 1 saturated carbocycles. The molecule has 1 fully saturated rings. The van der Waals surface area contributed by atoms with Crippen molar-refractivity contribution in [3.8, 4) is 0 Å². The van der Waals surface area contributed by atoms with Crippen LogP contribution in [0.15, 0.2) is 23.2 Å². The van der Waals surface area contributed by atoms with Crippen LogP contribution in [0.2, 0.25) is 0 Å². The minimum absolute atomic E-state index is 0. The molecule has 0 spiro atoms. The Morgan fingerprint density at radius 1 is 1.23 bits per heavy atom. The van der Waals surface area contributed by atoms with E-state index >= 15 is 0 Å². The van der Waals surface area contributed by atoms with E-state index in [-0.39, 0.29) is 30.5 Å². The maximum absolute atomic E-state index is 13.6. The predicted octanol–water partition coefficient (Wildman–Crippen LogP) is 3.83. The summed E-state index contributed by atoms with van der Waals surface area (Å²) in [6.45, 7) is 2.49. The van der Waals surface area contributed by atoms with E-state index in [0.29, 0.717) is 17.6 Å². The molecule has 6 heteroatoms. The van der Waals surface area contributed by atoms with Gasteiger partial charge in [0, 0.05) is 25.2 Å². The quantitative estimate of drug-likeness (QED) is 0.441. The van der Waals surface area contributed by atoms with Crippen LogP contribution in [0, 0.1) is 17.6 Å². The van der Waals surface area contributed by atoms with Gasteiger partial charge in [0.1, 0.15) is 11.6 Å². The molecule has 0 aliphatic heterocycles. The lowest BCUT2D eigenvalue weighted by molar-refractivity contribution is 0.329. The standard InChI is InChI=1S/C16H23F2N3.HI/c1-11-3-6-14(7-4-11)21-16(19-2)20-10-12-9-13(17)5-8-15(12)18;/h5,8-9,11,14H,3-4,6-7,10H2,1-2H3,(H2,19,20,21);1H. The van der Waals surface area contributed by atoms with Gasteiger partial charge in [0.2, 0.25) is 0 Å². The second-order valence-corrected chi connectivity index (χ2v) is 5.76. The van der Waals surface area contributed by atoms with Crippen LogP contribution < -0.4 is 10.6 Å². The zero-order valence-corrected chi connectivity index (χ0v) is 15.4. The fourth-order valence-corrected chi connectivity index (χ4v) is 2.65. The third kappa shape index (κ3) is 5.70. The van der Waals surface area contributed by atoms with Gasteiger partial charge in [-0.3, -0.25) is 4.99 Å². The smallest absolute Gasteiger partial charge is 0.191 e. The Balaban J connectivity index is 0.00000242. The molecule has 0 aromatic heterocycles. The number of hydrogen-bond donors (Lipinski definition) is 2. The van der Waals surface area contributed by atoms with E-state index in [0.717, 1.165) is 30.9 Å². The molecule has 0 saturated heterocycles. The maximum atomic E-state index is 13.6. The van der Waals surface area contributed by atoms with Crippen molar-refractivity contribution in [2.75, 3.05) is 7.05 Å². The summed E-state index contributed by atoms with van der Waals surface area (Å²) in [6.07, 6.45) is 4.67. The molecule has 1 aliphatic rings. The van der Waals surface area contributed by atoms with Crippen molar-refractivity contribution >= 4 is 29.9 Å². The lowest BCUT2D eigenvalue weighted by Crippen LogP contribution is -2.44. The monoisotopic (exact) mass is 423 g/mol. The fraction of sp³-hybridized carbons (Fsp3) is 0.562. The molecule has 2 N–H and O–H groups in total. The molecule has 0 bridgehead atoms. The number of hydrogen-bond acceptors (Lipinski definition) is 1. The molecule has 0 radical (unpaired) electrons. The summed E-state index contributed by atoms with van der Waals surface area (Å²) < 4.78 is 26.7. The van der Waals surface area contributed by atoms with E-state index in [4.69, 9.17) is 0 Å². The second kappa shape index (κ2) is 9.27. The van der Waals surface area contributed by atoms with E-state index in [2.05, 4.69) is 22.5 Å². The first-order chi connectivity index (χ1) is 10.1. The van der Waals surface area contributed by atoms with Gasteiger partial charge in [-0.15, -0.1) is 24.0 Å². The summed E-state index contributed by atoms with van der Waals surface area (Å²) in [6, 6.07) is 3.88. The summed E-state index contributed by atoms with van der Waals surface area (Å²) in [5.74, 6) is 0.584. The highest BCUT2D eigenvalue weighted by molar-refractivity contribution is 14.0. The lowest BCUT2D eigenvalue weighted by atomic mass is 9.87. The van der Waals surface area contributed by atoms with Gasteiger partial charge in [-0.25, -0.2) is 8.78 Å². The van der Waals surface area contributed by atoms with Crippen molar-refractivity contribution in [3.05, 3.63) is 35.4 Å². The van der Waals surface area contributed by atoms with E-state index in [1.165, 1.54) is 18.9 Å². The maximum Gasteiger partial charge on any atom is 0.191 e. The Kier molecular flexibility index (Phi) is 8.06. The Hall–Kier alpha value is -0.920. The van der Waals surface area contributed by atoms with Crippen LogP contribution in [0.25, 0.3) is 0 Å². The number of nitrogens with zero attached hydrogens (tertiary/aromatic N) is 1. The number of nitrogens with one attached hydrogen (secondary N) is 2. The first kappa shape index (κ1) is 19.1. The average molecular weight is 423 g/mol. The Bertz CT molecular complexity index is 500. The largest absolute Gasteiger partial charge is 0.354 e. The Morgan fingerprint density at radius 3 is 2.55 bits per heavy atom. The number of aliphatic imine (C=N–C) groups is 1. The fourth-order valence-electron chi connectivity index (χ4n) is 2.65. The van der Waals surface area contributed by atoms with Gasteiger partial charge in [-0.05, 0) is 49.8 Å². The molecule has 22 heavy (non-hydrogen) atoms. The van der Waals surface area contributed by atoms with Gasteiger partial charge in [0.05, 0.1) is 0 Å². The second-order valence-electron chi connectivity index (χ2n) is 5.76. The predicted molar refractivity (Wildman–Crippen MR) is 96.5 cm³/mol. The highest BCUT2D eigenvalue weighted by atomic mass is 127. The molecule has 1 aromatic rings. The minimum atomic E-state index is -0.433. The average Bonchev–Trinajstić information content (AvgIpc) is 2.48. The SMILES string of the molecule is CN=C(NCc1cc(F)ccc1F)NC1CCC(C)CC1.I. The van der Waals surface area contributed by atoms with Crippen molar-refractivity contribution in [2.24, 2.45) is 10.9 Å². The summed E-state index contributed by atoms with van der Waals surface area (Å²) in [4.78, 5) is 4.15. The summed E-state index contributed by atoms with van der Waals surface area (Å²) >= 11 is 0. The molecule has 1 aliphatic carbocycles. The highest BCUT2D eigenvalue weighted by Gasteiger charge is 2.18. The molecule has 0 atom stereocenters. The lowest BCUT2D eigenvalue weighted by Gasteiger charge is -2.28. The molecular weight excluding hydrogens is 399 g/mol. The van der Waals surface area contributed by atoms with Crippen molar-refractivity contribution in [1.29, 1.82) is 0 Å². The molecular formula is C16H24F2IN3. The van der Waals surface area contributed by atoms with E-state index in [1.807, 2.05) is 0 Å². The van der Waals surface area contributed by atoms with Crippen molar-refractivity contribution in [3.63, 3.8) is 0 Å². The van der Waals surface area contributed by atoms with Gasteiger partial charge in [0.15, 0.2) is 5.96 Å². The summed E-state index contributed by atoms with van der Waals surface area (Å²) in [5.41, 5.74) is 0.301. The third-order valence-corrected chi connectivity index (χ3v) is 4.03. The molecule has 0 unspecified atom stereocenters. The van der Waals surface area contributed by atoms with Gasteiger partial charge in [0.25, 0.3) is 0 Å². The highest BCUT2D eigenvalue weighted by Crippen LogP contribution is 2.23. The number of halogens is 3. The van der Waals surface area contributed by atoms with Crippen LogP contribution in [0.5, 0.6) is 0 Å². The van der Waals surface area contributed by atoms with Crippen molar-refractivity contribution in [1.82, 2.24) is 10.6 Å². The van der Waals surface area contributed by atoms with E-state index in [1.54, 1.807) is 7.05 Å².